The fraction of sp³-hybridized carbons (Fsp3) is 0.500. The van der Waals surface area contributed by atoms with Gasteiger partial charge in [-0.2, -0.15) is 8.78 Å². The number of aromatic nitrogens is 1. The zero-order valence-corrected chi connectivity index (χ0v) is 11.7. The second-order valence-corrected chi connectivity index (χ2v) is 5.55. The summed E-state index contributed by atoms with van der Waals surface area (Å²) >= 11 is 0. The van der Waals surface area contributed by atoms with Gasteiger partial charge in [-0.3, -0.25) is 9.59 Å². The van der Waals surface area contributed by atoms with Crippen molar-refractivity contribution in [2.24, 2.45) is 11.7 Å². The number of carbonyl (C=O) groups excluding carboxylic acids is 2. The largest absolute Gasteiger partial charge is 0.433 e. The number of fused-ring (bicyclic) bond motifs is 1. The van der Waals surface area contributed by atoms with Gasteiger partial charge in [0, 0.05) is 6.54 Å². The minimum absolute atomic E-state index is 0.0785. The Kier molecular flexibility index (Phi) is 3.46. The van der Waals surface area contributed by atoms with Crippen molar-refractivity contribution in [2.45, 2.75) is 31.4 Å². The summed E-state index contributed by atoms with van der Waals surface area (Å²) < 4.78 is 28.4. The number of likely N-dealkylation sites (tertiary alicyclic amines) is 1. The van der Waals surface area contributed by atoms with Crippen LogP contribution in [-0.2, 0) is 4.79 Å². The number of rotatable bonds is 4. The van der Waals surface area contributed by atoms with Crippen LogP contribution >= 0.6 is 0 Å². The third-order valence-electron chi connectivity index (χ3n) is 4.34. The molecule has 2 amide bonds. The van der Waals surface area contributed by atoms with Gasteiger partial charge in [0.1, 0.15) is 17.0 Å². The lowest BCUT2D eigenvalue weighted by Gasteiger charge is -2.34. The minimum Gasteiger partial charge on any atom is -0.433 e. The number of alkyl halides is 2. The van der Waals surface area contributed by atoms with Gasteiger partial charge < -0.3 is 15.4 Å². The molecule has 1 aromatic rings. The number of hydrogen-bond acceptors (Lipinski definition) is 4. The smallest absolute Gasteiger partial charge is 0.387 e. The van der Waals surface area contributed by atoms with Crippen molar-refractivity contribution in [1.29, 1.82) is 0 Å². The van der Waals surface area contributed by atoms with E-state index in [2.05, 4.69) is 9.72 Å². The Bertz CT molecular complexity index is 608. The third-order valence-corrected chi connectivity index (χ3v) is 4.34. The molecule has 2 atom stereocenters. The van der Waals surface area contributed by atoms with Crippen molar-refractivity contribution in [3.05, 3.63) is 24.0 Å². The van der Waals surface area contributed by atoms with Crippen molar-refractivity contribution >= 4 is 11.8 Å². The molecule has 8 heteroatoms. The van der Waals surface area contributed by atoms with E-state index >= 15 is 0 Å². The Balaban J connectivity index is 1.80. The fourth-order valence-electron chi connectivity index (χ4n) is 3.22. The van der Waals surface area contributed by atoms with E-state index in [0.29, 0.717) is 13.0 Å². The van der Waals surface area contributed by atoms with Gasteiger partial charge in [-0.25, -0.2) is 4.98 Å². The monoisotopic (exact) mass is 311 g/mol. The van der Waals surface area contributed by atoms with Crippen LogP contribution in [0.3, 0.4) is 0 Å². The topological polar surface area (TPSA) is 85.5 Å². The Morgan fingerprint density at radius 1 is 1.45 bits per heavy atom. The highest BCUT2D eigenvalue weighted by atomic mass is 19.3. The van der Waals surface area contributed by atoms with Gasteiger partial charge in [0.25, 0.3) is 5.91 Å². The third kappa shape index (κ3) is 2.28. The molecule has 1 aromatic heterocycles. The van der Waals surface area contributed by atoms with Gasteiger partial charge in [0.2, 0.25) is 5.91 Å². The summed E-state index contributed by atoms with van der Waals surface area (Å²) in [6.45, 7) is -2.51. The van der Waals surface area contributed by atoms with Crippen LogP contribution in [0.4, 0.5) is 8.78 Å². The van der Waals surface area contributed by atoms with E-state index in [1.165, 1.54) is 17.0 Å². The maximum absolute atomic E-state index is 12.5. The van der Waals surface area contributed by atoms with Gasteiger partial charge in [-0.05, 0) is 37.3 Å². The van der Waals surface area contributed by atoms with E-state index in [-0.39, 0.29) is 17.4 Å². The van der Waals surface area contributed by atoms with Crippen molar-refractivity contribution in [1.82, 2.24) is 9.88 Å². The molecule has 1 aliphatic carbocycles. The Morgan fingerprint density at radius 2 is 2.23 bits per heavy atom. The van der Waals surface area contributed by atoms with Crippen LogP contribution in [0.2, 0.25) is 0 Å². The first kappa shape index (κ1) is 14.7. The van der Waals surface area contributed by atoms with E-state index in [0.717, 1.165) is 19.0 Å². The molecule has 118 valence electrons. The first-order valence-corrected chi connectivity index (χ1v) is 6.98. The zero-order valence-electron chi connectivity index (χ0n) is 11.7. The predicted molar refractivity (Wildman–Crippen MR) is 71.2 cm³/mol. The molecule has 2 N–H and O–H groups in total. The quantitative estimate of drug-likeness (QED) is 0.904. The summed E-state index contributed by atoms with van der Waals surface area (Å²) in [5.74, 6) is -0.920. The number of primary amides is 1. The lowest BCUT2D eigenvalue weighted by Crippen LogP contribution is -2.53. The predicted octanol–water partition coefficient (Wildman–Crippen LogP) is 1.16. The van der Waals surface area contributed by atoms with E-state index in [4.69, 9.17) is 5.73 Å². The number of amides is 2. The fourth-order valence-corrected chi connectivity index (χ4v) is 3.22. The first-order valence-electron chi connectivity index (χ1n) is 6.98. The van der Waals surface area contributed by atoms with E-state index in [1.807, 2.05) is 0 Å². The van der Waals surface area contributed by atoms with E-state index in [1.54, 1.807) is 0 Å². The van der Waals surface area contributed by atoms with Gasteiger partial charge >= 0.3 is 6.61 Å². The van der Waals surface area contributed by atoms with Crippen molar-refractivity contribution in [3.8, 4) is 5.75 Å². The van der Waals surface area contributed by atoms with Gasteiger partial charge in [0.05, 0.1) is 6.20 Å². The molecule has 22 heavy (non-hydrogen) atoms. The molecule has 2 heterocycles. The summed E-state index contributed by atoms with van der Waals surface area (Å²) in [7, 11) is 0. The molecular formula is C14H15F2N3O3. The number of hydrogen-bond donors (Lipinski definition) is 1. The Labute approximate surface area is 125 Å². The van der Waals surface area contributed by atoms with Crippen LogP contribution in [0, 0.1) is 5.92 Å². The second-order valence-electron chi connectivity index (χ2n) is 5.55. The standard InChI is InChI=1S/C14H15F2N3O3/c15-13(16)22-9-3-4-10(18-7-9)11(20)19-5-1-2-8-6-14(8,19)12(17)21/h3-4,7-8,13H,1-2,5-6H2,(H2,17,21)/t8-,14+/m1/s1. The number of halogens is 2. The number of ether oxygens (including phenoxy) is 1. The molecule has 3 rings (SSSR count). The van der Waals surface area contributed by atoms with Crippen molar-refractivity contribution in [3.63, 3.8) is 0 Å². The molecule has 1 aliphatic heterocycles. The van der Waals surface area contributed by atoms with Crippen LogP contribution < -0.4 is 10.5 Å². The highest BCUT2D eigenvalue weighted by Crippen LogP contribution is 2.54. The number of nitrogens with zero attached hydrogens (tertiary/aromatic N) is 2. The molecule has 0 radical (unpaired) electrons. The lowest BCUT2D eigenvalue weighted by molar-refractivity contribution is -0.125. The summed E-state index contributed by atoms with van der Waals surface area (Å²) in [6, 6.07) is 2.55. The lowest BCUT2D eigenvalue weighted by atomic mass is 10.0. The summed E-state index contributed by atoms with van der Waals surface area (Å²) in [4.78, 5) is 29.6. The van der Waals surface area contributed by atoms with Gasteiger partial charge in [0.15, 0.2) is 0 Å². The van der Waals surface area contributed by atoms with Crippen molar-refractivity contribution in [2.75, 3.05) is 6.54 Å². The SMILES string of the molecule is NC(=O)[C@]12C[C@H]1CCCN2C(=O)c1ccc(OC(F)F)cn1. The number of pyridine rings is 1. The number of piperidine rings is 1. The summed E-state index contributed by atoms with van der Waals surface area (Å²) in [5, 5.41) is 0. The van der Waals surface area contributed by atoms with Gasteiger partial charge in [-0.15, -0.1) is 0 Å². The van der Waals surface area contributed by atoms with Crippen LogP contribution in [0.15, 0.2) is 18.3 Å². The normalized spacial score (nSPS) is 26.5. The highest BCUT2D eigenvalue weighted by molar-refractivity contribution is 5.99. The van der Waals surface area contributed by atoms with Gasteiger partial charge in [-0.1, -0.05) is 0 Å². The van der Waals surface area contributed by atoms with Crippen LogP contribution in [0.5, 0.6) is 5.75 Å². The average molecular weight is 311 g/mol. The molecule has 0 spiro atoms. The first-order chi connectivity index (χ1) is 10.4. The zero-order chi connectivity index (χ0) is 15.9. The molecule has 6 nitrogen and oxygen atoms in total. The highest BCUT2D eigenvalue weighted by Gasteiger charge is 2.65. The summed E-state index contributed by atoms with van der Waals surface area (Å²) in [5.41, 5.74) is 4.66. The van der Waals surface area contributed by atoms with Crippen molar-refractivity contribution < 1.29 is 23.1 Å². The molecule has 0 bridgehead atoms. The Hall–Kier alpha value is -2.25. The molecule has 1 saturated carbocycles. The van der Waals surface area contributed by atoms with E-state index < -0.39 is 24.0 Å². The van der Waals surface area contributed by atoms with E-state index in [9.17, 15) is 18.4 Å². The molecule has 1 saturated heterocycles. The average Bonchev–Trinajstić information content (AvgIpc) is 3.22. The molecule has 2 aliphatic rings. The number of nitrogens with two attached hydrogens (primary N) is 1. The minimum atomic E-state index is -2.95. The molecule has 0 unspecified atom stereocenters. The molecular weight excluding hydrogens is 296 g/mol. The maximum Gasteiger partial charge on any atom is 0.387 e. The Morgan fingerprint density at radius 3 is 2.82 bits per heavy atom. The maximum atomic E-state index is 12.5. The number of carbonyl (C=O) groups is 2. The molecule has 0 aromatic carbocycles. The van der Waals surface area contributed by atoms with Crippen LogP contribution in [0.1, 0.15) is 29.8 Å². The van der Waals surface area contributed by atoms with Crippen LogP contribution in [0.25, 0.3) is 0 Å². The summed E-state index contributed by atoms with van der Waals surface area (Å²) in [6.07, 6.45) is 3.32. The molecule has 2 fully saturated rings. The second kappa shape index (κ2) is 5.19. The van der Waals surface area contributed by atoms with Crippen LogP contribution in [-0.4, -0.2) is 40.4 Å².